The van der Waals surface area contributed by atoms with Crippen molar-refractivity contribution in [2.75, 3.05) is 0 Å². The molecule has 1 aromatic carbocycles. The first-order valence-electron chi connectivity index (χ1n) is 7.72. The van der Waals surface area contributed by atoms with Gasteiger partial charge in [0.05, 0.1) is 12.2 Å². The Kier molecular flexibility index (Phi) is 3.57. The molecule has 2 aromatic rings. The van der Waals surface area contributed by atoms with E-state index < -0.39 is 0 Å². The van der Waals surface area contributed by atoms with Gasteiger partial charge in [-0.05, 0) is 49.1 Å². The second kappa shape index (κ2) is 5.58. The van der Waals surface area contributed by atoms with E-state index in [1.807, 2.05) is 36.4 Å². The van der Waals surface area contributed by atoms with Crippen LogP contribution in [0.15, 0.2) is 51.6 Å². The summed E-state index contributed by atoms with van der Waals surface area (Å²) in [6.07, 6.45) is 4.67. The largest absolute Gasteiger partial charge is 0.469 e. The Labute approximate surface area is 137 Å². The molecule has 0 amide bonds. The lowest BCUT2D eigenvalue weighted by Crippen LogP contribution is -2.15. The summed E-state index contributed by atoms with van der Waals surface area (Å²) < 4.78 is 12.3. The summed E-state index contributed by atoms with van der Waals surface area (Å²) in [6, 6.07) is 11.9. The van der Waals surface area contributed by atoms with Crippen LogP contribution in [0.1, 0.15) is 42.6 Å². The molecule has 0 saturated heterocycles. The van der Waals surface area contributed by atoms with Gasteiger partial charge in [0, 0.05) is 16.3 Å². The van der Waals surface area contributed by atoms with E-state index in [1.54, 1.807) is 6.26 Å². The Balaban J connectivity index is 1.44. The molecule has 0 N–H and O–H groups in total. The molecule has 4 rings (SSSR count). The van der Waals surface area contributed by atoms with E-state index in [-0.39, 0.29) is 23.9 Å². The number of esters is 1. The molecular formula is C18H17BrO3. The molecule has 0 radical (unpaired) electrons. The number of hydrogen-bond donors (Lipinski definition) is 0. The van der Waals surface area contributed by atoms with Crippen molar-refractivity contribution in [2.45, 2.75) is 31.3 Å². The number of carbonyl (C=O) groups excluding carboxylic acids is 1. The molecule has 2 aliphatic rings. The SMILES string of the molecule is O=C(O[C@H](c1ccc(Br)cc1)C1CC1)[C@@H]1C[C@@H]1c1ccco1. The summed E-state index contributed by atoms with van der Waals surface area (Å²) in [4.78, 5) is 12.4. The minimum Gasteiger partial charge on any atom is -0.469 e. The molecule has 3 atom stereocenters. The molecule has 22 heavy (non-hydrogen) atoms. The molecule has 1 heterocycles. The van der Waals surface area contributed by atoms with Gasteiger partial charge in [0.25, 0.3) is 0 Å². The number of rotatable bonds is 5. The van der Waals surface area contributed by atoms with Crippen molar-refractivity contribution < 1.29 is 13.9 Å². The quantitative estimate of drug-likeness (QED) is 0.716. The van der Waals surface area contributed by atoms with Crippen LogP contribution in [0.4, 0.5) is 0 Å². The van der Waals surface area contributed by atoms with E-state index in [0.717, 1.165) is 35.1 Å². The third kappa shape index (κ3) is 2.84. The number of ether oxygens (including phenoxy) is 1. The van der Waals surface area contributed by atoms with Crippen LogP contribution in [0.3, 0.4) is 0 Å². The number of furan rings is 1. The van der Waals surface area contributed by atoms with Crippen LogP contribution < -0.4 is 0 Å². The maximum absolute atomic E-state index is 12.4. The van der Waals surface area contributed by atoms with E-state index in [2.05, 4.69) is 15.9 Å². The molecular weight excluding hydrogens is 344 g/mol. The molecule has 4 heteroatoms. The van der Waals surface area contributed by atoms with Crippen molar-refractivity contribution in [3.63, 3.8) is 0 Å². The fourth-order valence-electron chi connectivity index (χ4n) is 2.97. The molecule has 2 aliphatic carbocycles. The Morgan fingerprint density at radius 1 is 1.23 bits per heavy atom. The number of halogens is 1. The Morgan fingerprint density at radius 2 is 2.00 bits per heavy atom. The first kappa shape index (κ1) is 14.1. The van der Waals surface area contributed by atoms with Gasteiger partial charge in [0.1, 0.15) is 11.9 Å². The fourth-order valence-corrected chi connectivity index (χ4v) is 3.24. The lowest BCUT2D eigenvalue weighted by Gasteiger charge is -2.18. The lowest BCUT2D eigenvalue weighted by molar-refractivity contribution is -0.152. The van der Waals surface area contributed by atoms with Gasteiger partial charge in [-0.15, -0.1) is 0 Å². The summed E-state index contributed by atoms with van der Waals surface area (Å²) >= 11 is 3.44. The highest BCUT2D eigenvalue weighted by atomic mass is 79.9. The first-order chi connectivity index (χ1) is 10.7. The van der Waals surface area contributed by atoms with Crippen molar-refractivity contribution in [3.05, 3.63) is 58.5 Å². The monoisotopic (exact) mass is 360 g/mol. The van der Waals surface area contributed by atoms with E-state index in [4.69, 9.17) is 9.15 Å². The van der Waals surface area contributed by atoms with Gasteiger partial charge < -0.3 is 9.15 Å². The Hall–Kier alpha value is -1.55. The summed E-state index contributed by atoms with van der Waals surface area (Å²) in [5.41, 5.74) is 1.09. The van der Waals surface area contributed by atoms with Crippen LogP contribution in [0.2, 0.25) is 0 Å². The van der Waals surface area contributed by atoms with E-state index in [9.17, 15) is 4.79 Å². The zero-order valence-corrected chi connectivity index (χ0v) is 13.7. The minimum absolute atomic E-state index is 0.0390. The van der Waals surface area contributed by atoms with Crippen molar-refractivity contribution in [1.29, 1.82) is 0 Å². The van der Waals surface area contributed by atoms with E-state index >= 15 is 0 Å². The average Bonchev–Trinajstić information content (AvgIpc) is 3.45. The van der Waals surface area contributed by atoms with Gasteiger partial charge in [0.2, 0.25) is 0 Å². The van der Waals surface area contributed by atoms with Crippen molar-refractivity contribution in [3.8, 4) is 0 Å². The smallest absolute Gasteiger partial charge is 0.310 e. The second-order valence-electron chi connectivity index (χ2n) is 6.21. The molecule has 0 unspecified atom stereocenters. The summed E-state index contributed by atoms with van der Waals surface area (Å²) in [6.45, 7) is 0. The first-order valence-corrected chi connectivity index (χ1v) is 8.51. The number of benzene rings is 1. The lowest BCUT2D eigenvalue weighted by atomic mass is 10.1. The highest BCUT2D eigenvalue weighted by Gasteiger charge is 2.48. The molecule has 0 bridgehead atoms. The Bertz CT molecular complexity index is 658. The highest BCUT2D eigenvalue weighted by molar-refractivity contribution is 9.10. The molecule has 114 valence electrons. The van der Waals surface area contributed by atoms with E-state index in [1.165, 1.54) is 0 Å². The van der Waals surface area contributed by atoms with Gasteiger partial charge in [0.15, 0.2) is 0 Å². The topological polar surface area (TPSA) is 39.4 Å². The third-order valence-electron chi connectivity index (χ3n) is 4.49. The molecule has 2 saturated carbocycles. The van der Waals surface area contributed by atoms with Crippen LogP contribution in [-0.2, 0) is 9.53 Å². The second-order valence-corrected chi connectivity index (χ2v) is 7.13. The van der Waals surface area contributed by atoms with Crippen molar-refractivity contribution in [1.82, 2.24) is 0 Å². The Morgan fingerprint density at radius 3 is 2.64 bits per heavy atom. The highest BCUT2D eigenvalue weighted by Crippen LogP contribution is 2.50. The van der Waals surface area contributed by atoms with Crippen LogP contribution in [0.5, 0.6) is 0 Å². The van der Waals surface area contributed by atoms with Crippen molar-refractivity contribution >= 4 is 21.9 Å². The van der Waals surface area contributed by atoms with Gasteiger partial charge in [-0.2, -0.15) is 0 Å². The zero-order chi connectivity index (χ0) is 15.1. The summed E-state index contributed by atoms with van der Waals surface area (Å²) in [5, 5.41) is 0. The molecule has 3 nitrogen and oxygen atoms in total. The van der Waals surface area contributed by atoms with Crippen LogP contribution in [0.25, 0.3) is 0 Å². The molecule has 1 aromatic heterocycles. The summed E-state index contributed by atoms with van der Waals surface area (Å²) in [7, 11) is 0. The number of carbonyl (C=O) groups is 1. The van der Waals surface area contributed by atoms with Gasteiger partial charge in [-0.25, -0.2) is 0 Å². The standard InChI is InChI=1S/C18H17BrO3/c19-13-7-5-12(6-8-13)17(11-3-4-11)22-18(20)15-10-14(15)16-2-1-9-21-16/h1-2,5-9,11,14-15,17H,3-4,10H2/t14-,15+,17-/m0/s1. The third-order valence-corrected chi connectivity index (χ3v) is 5.02. The van der Waals surface area contributed by atoms with Gasteiger partial charge >= 0.3 is 5.97 Å². The average molecular weight is 361 g/mol. The van der Waals surface area contributed by atoms with Crippen LogP contribution >= 0.6 is 15.9 Å². The van der Waals surface area contributed by atoms with E-state index in [0.29, 0.717) is 5.92 Å². The van der Waals surface area contributed by atoms with Crippen LogP contribution in [-0.4, -0.2) is 5.97 Å². The maximum Gasteiger partial charge on any atom is 0.310 e. The summed E-state index contributed by atoms with van der Waals surface area (Å²) in [5.74, 6) is 1.45. The number of hydrogen-bond acceptors (Lipinski definition) is 3. The predicted octanol–water partition coefficient (Wildman–Crippen LogP) is 4.84. The maximum atomic E-state index is 12.4. The predicted molar refractivity (Wildman–Crippen MR) is 85.3 cm³/mol. The van der Waals surface area contributed by atoms with Gasteiger partial charge in [-0.1, -0.05) is 28.1 Å². The molecule has 2 fully saturated rings. The van der Waals surface area contributed by atoms with Crippen molar-refractivity contribution in [2.24, 2.45) is 11.8 Å². The normalized spacial score (nSPS) is 24.8. The zero-order valence-electron chi connectivity index (χ0n) is 12.1. The van der Waals surface area contributed by atoms with Crippen LogP contribution in [0, 0.1) is 11.8 Å². The van der Waals surface area contributed by atoms with Gasteiger partial charge in [-0.3, -0.25) is 4.79 Å². The molecule has 0 aliphatic heterocycles. The minimum atomic E-state index is -0.0987. The molecule has 0 spiro atoms. The fraction of sp³-hybridized carbons (Fsp3) is 0.389.